The quantitative estimate of drug-likeness (QED) is 0.523. The van der Waals surface area contributed by atoms with Crippen molar-refractivity contribution in [1.82, 2.24) is 0 Å². The van der Waals surface area contributed by atoms with Gasteiger partial charge in [0, 0.05) is 5.39 Å². The molecule has 0 N–H and O–H groups in total. The van der Waals surface area contributed by atoms with Crippen LogP contribution in [-0.4, -0.2) is 8.42 Å². The van der Waals surface area contributed by atoms with Gasteiger partial charge in [0.15, 0.2) is 0 Å². The molecule has 4 aromatic rings. The molecule has 124 valence electrons. The van der Waals surface area contributed by atoms with E-state index >= 15 is 0 Å². The molecule has 0 spiro atoms. The van der Waals surface area contributed by atoms with Gasteiger partial charge >= 0.3 is 0 Å². The van der Waals surface area contributed by atoms with Crippen LogP contribution in [0.4, 0.5) is 0 Å². The van der Waals surface area contributed by atoms with Gasteiger partial charge in [-0.15, -0.1) is 0 Å². The van der Waals surface area contributed by atoms with Gasteiger partial charge in [0.2, 0.25) is 22.2 Å². The highest BCUT2D eigenvalue weighted by Gasteiger charge is 2.15. The molecule has 3 nitrogen and oxygen atoms in total. The molecule has 0 heterocycles. The minimum absolute atomic E-state index is 0.493. The molecule has 4 rings (SSSR count). The second kappa shape index (κ2) is 6.88. The van der Waals surface area contributed by atoms with Crippen LogP contribution in [0.25, 0.3) is 21.5 Å². The summed E-state index contributed by atoms with van der Waals surface area (Å²) in [6.45, 7) is 0. The van der Waals surface area contributed by atoms with Crippen LogP contribution in [0.5, 0.6) is 0 Å². The molecule has 25 heavy (non-hydrogen) atoms. The third kappa shape index (κ3) is 3.26. The molecule has 0 aliphatic heterocycles. The van der Waals surface area contributed by atoms with E-state index in [0.29, 0.717) is 9.79 Å². The molecule has 0 aliphatic carbocycles. The first-order valence-corrected chi connectivity index (χ1v) is 9.86. The van der Waals surface area contributed by atoms with E-state index in [1.165, 1.54) is 0 Å². The van der Waals surface area contributed by atoms with Crippen molar-refractivity contribution in [2.75, 3.05) is 0 Å². The molecule has 0 amide bonds. The van der Waals surface area contributed by atoms with Gasteiger partial charge in [-0.25, -0.2) is 8.42 Å². The van der Waals surface area contributed by atoms with Gasteiger partial charge in [0.05, 0.1) is 9.79 Å². The largest absolute Gasteiger partial charge is 0.223 e. The van der Waals surface area contributed by atoms with Crippen molar-refractivity contribution in [3.05, 3.63) is 84.9 Å². The summed E-state index contributed by atoms with van der Waals surface area (Å²) in [6, 6.07) is 26.3. The molecule has 4 aromatic carbocycles. The molecular weight excluding hydrogens is 352 g/mol. The van der Waals surface area contributed by atoms with E-state index in [0.717, 1.165) is 21.5 Å². The fraction of sp³-hybridized carbons (Fsp3) is 0. The van der Waals surface area contributed by atoms with Crippen LogP contribution in [0.15, 0.2) is 94.7 Å². The summed E-state index contributed by atoms with van der Waals surface area (Å²) in [4.78, 5) is 1.01. The lowest BCUT2D eigenvalue weighted by atomic mass is 10.1. The van der Waals surface area contributed by atoms with Gasteiger partial charge in [0.25, 0.3) is 0 Å². The van der Waals surface area contributed by atoms with E-state index in [1.54, 1.807) is 18.2 Å². The lowest BCUT2D eigenvalue weighted by molar-refractivity contribution is 0.566. The van der Waals surface area contributed by atoms with E-state index in [9.17, 15) is 8.42 Å². The summed E-state index contributed by atoms with van der Waals surface area (Å²) in [5.41, 5.74) is 0. The Morgan fingerprint density at radius 3 is 2.12 bits per heavy atom. The Hall–Kier alpha value is -2.34. The van der Waals surface area contributed by atoms with E-state index in [-0.39, 0.29) is 0 Å². The molecule has 0 saturated heterocycles. The van der Waals surface area contributed by atoms with Crippen LogP contribution in [0.3, 0.4) is 0 Å². The van der Waals surface area contributed by atoms with Gasteiger partial charge in [-0.05, 0) is 34.4 Å². The van der Waals surface area contributed by atoms with Gasteiger partial charge in [-0.1, -0.05) is 66.7 Å². The topological polar surface area (TPSA) is 43.4 Å². The third-order valence-corrected chi connectivity index (χ3v) is 6.31. The number of rotatable bonds is 4. The molecular formula is C20H14O3S2. The van der Waals surface area contributed by atoms with Crippen molar-refractivity contribution in [3.63, 3.8) is 0 Å². The summed E-state index contributed by atoms with van der Waals surface area (Å²) in [5, 5.41) is 3.82. The predicted molar refractivity (Wildman–Crippen MR) is 102 cm³/mol. The van der Waals surface area contributed by atoms with Crippen LogP contribution in [0.2, 0.25) is 0 Å². The second-order valence-electron chi connectivity index (χ2n) is 5.52. The van der Waals surface area contributed by atoms with Crippen molar-refractivity contribution in [2.24, 2.45) is 0 Å². The number of benzene rings is 4. The Labute approximate surface area is 150 Å². The van der Waals surface area contributed by atoms with E-state index in [1.807, 2.05) is 66.7 Å². The monoisotopic (exact) mass is 366 g/mol. The minimum Gasteiger partial charge on any atom is -0.223 e. The van der Waals surface area contributed by atoms with E-state index < -0.39 is 22.2 Å². The molecule has 0 radical (unpaired) electrons. The van der Waals surface area contributed by atoms with Crippen LogP contribution in [0.1, 0.15) is 0 Å². The molecule has 0 aromatic heterocycles. The van der Waals surface area contributed by atoms with Crippen molar-refractivity contribution < 1.29 is 12.0 Å². The second-order valence-corrected chi connectivity index (χ2v) is 7.92. The molecule has 2 unspecified atom stereocenters. The Balaban J connectivity index is 1.64. The van der Waals surface area contributed by atoms with Gasteiger partial charge in [-0.3, -0.25) is 0 Å². The highest BCUT2D eigenvalue weighted by atomic mass is 32.3. The van der Waals surface area contributed by atoms with Crippen LogP contribution < -0.4 is 0 Å². The summed E-state index contributed by atoms with van der Waals surface area (Å²) >= 11 is -3.64. The van der Waals surface area contributed by atoms with Gasteiger partial charge < -0.3 is 0 Å². The SMILES string of the molecule is O=S(OS(=O)c1cccc2ccccc12)c1ccc2ccccc2c1. The summed E-state index contributed by atoms with van der Waals surface area (Å²) < 4.78 is 30.4. The lowest BCUT2D eigenvalue weighted by Gasteiger charge is -2.07. The Morgan fingerprint density at radius 1 is 0.600 bits per heavy atom. The van der Waals surface area contributed by atoms with Crippen molar-refractivity contribution in [2.45, 2.75) is 9.79 Å². The molecule has 5 heteroatoms. The molecule has 0 aliphatic rings. The maximum Gasteiger partial charge on any atom is 0.203 e. The van der Waals surface area contributed by atoms with Gasteiger partial charge in [0.1, 0.15) is 0 Å². The standard InChI is InChI=1S/C20H14O3S2/c21-24(18-13-12-15-6-1-2-8-17(15)14-18)23-25(22)20-11-5-9-16-7-3-4-10-19(16)20/h1-14H. The first-order chi connectivity index (χ1) is 12.2. The summed E-state index contributed by atoms with van der Waals surface area (Å²) in [6.07, 6.45) is 0. The van der Waals surface area contributed by atoms with Crippen molar-refractivity contribution in [1.29, 1.82) is 0 Å². The average Bonchev–Trinajstić information content (AvgIpc) is 2.67. The molecule has 0 fully saturated rings. The van der Waals surface area contributed by atoms with Crippen LogP contribution in [-0.2, 0) is 25.8 Å². The fourth-order valence-electron chi connectivity index (χ4n) is 2.74. The highest BCUT2D eigenvalue weighted by Crippen LogP contribution is 2.24. The normalized spacial score (nSPS) is 13.8. The number of fused-ring (bicyclic) bond motifs is 2. The van der Waals surface area contributed by atoms with Crippen molar-refractivity contribution in [3.8, 4) is 0 Å². The first kappa shape index (κ1) is 16.1. The van der Waals surface area contributed by atoms with Crippen LogP contribution >= 0.6 is 0 Å². The third-order valence-electron chi connectivity index (χ3n) is 3.97. The van der Waals surface area contributed by atoms with E-state index in [2.05, 4.69) is 0 Å². The lowest BCUT2D eigenvalue weighted by Crippen LogP contribution is -2.03. The first-order valence-electron chi connectivity index (χ1n) is 7.71. The zero-order chi connectivity index (χ0) is 17.2. The van der Waals surface area contributed by atoms with Gasteiger partial charge in [-0.2, -0.15) is 3.63 Å². The molecule has 0 bridgehead atoms. The Bertz CT molecular complexity index is 1120. The maximum absolute atomic E-state index is 12.6. The Morgan fingerprint density at radius 2 is 1.28 bits per heavy atom. The molecule has 0 saturated carbocycles. The Kier molecular flexibility index (Phi) is 4.44. The highest BCUT2D eigenvalue weighted by molar-refractivity contribution is 7.93. The number of hydrogen-bond donors (Lipinski definition) is 0. The summed E-state index contributed by atoms with van der Waals surface area (Å²) in [7, 11) is 0. The average molecular weight is 366 g/mol. The summed E-state index contributed by atoms with van der Waals surface area (Å²) in [5.74, 6) is 0. The number of hydrogen-bond acceptors (Lipinski definition) is 3. The zero-order valence-corrected chi connectivity index (χ0v) is 14.8. The fourth-order valence-corrected chi connectivity index (χ4v) is 4.76. The minimum atomic E-state index is -1.82. The predicted octanol–water partition coefficient (Wildman–Crippen LogP) is 4.76. The van der Waals surface area contributed by atoms with Crippen LogP contribution in [0, 0.1) is 0 Å². The molecule has 2 atom stereocenters. The smallest absolute Gasteiger partial charge is 0.203 e. The maximum atomic E-state index is 12.6. The zero-order valence-electron chi connectivity index (χ0n) is 13.1. The van der Waals surface area contributed by atoms with Crippen molar-refractivity contribution >= 4 is 43.7 Å². The van der Waals surface area contributed by atoms with E-state index in [4.69, 9.17) is 3.63 Å².